The SMILES string of the molecule is CC(Cc1cc2ccc(Oc3ccccc3)cc2cn1)OC=O. The van der Waals surface area contributed by atoms with Gasteiger partial charge in [0.2, 0.25) is 0 Å². The fourth-order valence-corrected chi connectivity index (χ4v) is 2.40. The van der Waals surface area contributed by atoms with Crippen LogP contribution in [0, 0.1) is 0 Å². The molecule has 4 heteroatoms. The molecule has 1 unspecified atom stereocenters. The van der Waals surface area contributed by atoms with E-state index in [1.54, 1.807) is 0 Å². The predicted octanol–water partition coefficient (Wildman–Crippen LogP) is 4.13. The van der Waals surface area contributed by atoms with Crippen LogP contribution in [-0.4, -0.2) is 17.6 Å². The third-order valence-electron chi connectivity index (χ3n) is 3.51. The van der Waals surface area contributed by atoms with Gasteiger partial charge in [-0.2, -0.15) is 0 Å². The van der Waals surface area contributed by atoms with Gasteiger partial charge in [0, 0.05) is 23.7 Å². The van der Waals surface area contributed by atoms with Crippen molar-refractivity contribution in [1.82, 2.24) is 4.98 Å². The lowest BCUT2D eigenvalue weighted by Gasteiger charge is -2.10. The minimum Gasteiger partial charge on any atom is -0.464 e. The highest BCUT2D eigenvalue weighted by Gasteiger charge is 2.06. The molecule has 2 aromatic carbocycles. The van der Waals surface area contributed by atoms with E-state index in [4.69, 9.17) is 9.47 Å². The van der Waals surface area contributed by atoms with Crippen molar-refractivity contribution in [2.75, 3.05) is 0 Å². The van der Waals surface area contributed by atoms with Gasteiger partial charge in [-0.25, -0.2) is 0 Å². The Hall–Kier alpha value is -2.88. The number of rotatable bonds is 6. The second-order valence-electron chi connectivity index (χ2n) is 5.35. The fraction of sp³-hybridized carbons (Fsp3) is 0.158. The fourth-order valence-electron chi connectivity index (χ4n) is 2.40. The first kappa shape index (κ1) is 15.0. The molecule has 23 heavy (non-hydrogen) atoms. The summed E-state index contributed by atoms with van der Waals surface area (Å²) in [6.45, 7) is 2.32. The molecule has 0 aliphatic carbocycles. The Kier molecular flexibility index (Phi) is 4.52. The number of hydrogen-bond acceptors (Lipinski definition) is 4. The summed E-state index contributed by atoms with van der Waals surface area (Å²) in [5, 5.41) is 2.08. The van der Waals surface area contributed by atoms with Gasteiger partial charge < -0.3 is 9.47 Å². The summed E-state index contributed by atoms with van der Waals surface area (Å²) in [7, 11) is 0. The van der Waals surface area contributed by atoms with E-state index in [2.05, 4.69) is 4.98 Å². The summed E-state index contributed by atoms with van der Waals surface area (Å²) in [5.41, 5.74) is 0.892. The molecule has 116 valence electrons. The van der Waals surface area contributed by atoms with E-state index in [0.29, 0.717) is 12.9 Å². The largest absolute Gasteiger partial charge is 0.464 e. The summed E-state index contributed by atoms with van der Waals surface area (Å²) in [4.78, 5) is 14.8. The first-order valence-corrected chi connectivity index (χ1v) is 7.45. The molecule has 3 rings (SSSR count). The predicted molar refractivity (Wildman–Crippen MR) is 88.6 cm³/mol. The zero-order chi connectivity index (χ0) is 16.1. The molecule has 0 radical (unpaired) electrons. The standard InChI is InChI=1S/C19H17NO3/c1-14(22-13-21)9-17-10-15-7-8-19(11-16(15)12-20-17)23-18-5-3-2-4-6-18/h2-8,10-14H,9H2,1H3. The third-order valence-corrected chi connectivity index (χ3v) is 3.51. The van der Waals surface area contributed by atoms with Crippen LogP contribution in [0.15, 0.2) is 60.8 Å². The molecule has 1 heterocycles. The van der Waals surface area contributed by atoms with Gasteiger partial charge in [-0.05, 0) is 42.6 Å². The van der Waals surface area contributed by atoms with Crippen LogP contribution < -0.4 is 4.74 Å². The lowest BCUT2D eigenvalue weighted by Crippen LogP contribution is -2.11. The zero-order valence-corrected chi connectivity index (χ0v) is 12.8. The molecule has 0 N–H and O–H groups in total. The van der Waals surface area contributed by atoms with Crippen molar-refractivity contribution in [3.8, 4) is 11.5 Å². The summed E-state index contributed by atoms with van der Waals surface area (Å²) in [6.07, 6.45) is 2.23. The number of aromatic nitrogens is 1. The minimum absolute atomic E-state index is 0.182. The normalized spacial score (nSPS) is 11.9. The molecule has 1 atom stereocenters. The van der Waals surface area contributed by atoms with Crippen LogP contribution in [0.25, 0.3) is 10.8 Å². The lowest BCUT2D eigenvalue weighted by molar-refractivity contribution is -0.132. The first-order chi connectivity index (χ1) is 11.2. The van der Waals surface area contributed by atoms with E-state index in [-0.39, 0.29) is 6.10 Å². The van der Waals surface area contributed by atoms with Crippen molar-refractivity contribution in [3.05, 3.63) is 66.5 Å². The number of pyridine rings is 1. The Balaban J connectivity index is 1.80. The Morgan fingerprint density at radius 2 is 1.87 bits per heavy atom. The Morgan fingerprint density at radius 3 is 2.65 bits per heavy atom. The number of benzene rings is 2. The second-order valence-corrected chi connectivity index (χ2v) is 5.35. The van der Waals surface area contributed by atoms with E-state index in [1.807, 2.05) is 67.7 Å². The molecule has 0 bridgehead atoms. The molecular formula is C19H17NO3. The maximum absolute atomic E-state index is 10.3. The molecule has 0 saturated heterocycles. The number of fused-ring (bicyclic) bond motifs is 1. The summed E-state index contributed by atoms with van der Waals surface area (Å²) in [6, 6.07) is 17.6. The van der Waals surface area contributed by atoms with Crippen molar-refractivity contribution < 1.29 is 14.3 Å². The molecule has 3 aromatic rings. The van der Waals surface area contributed by atoms with Gasteiger partial charge in [0.1, 0.15) is 17.6 Å². The van der Waals surface area contributed by atoms with Crippen molar-refractivity contribution in [3.63, 3.8) is 0 Å². The van der Waals surface area contributed by atoms with Crippen LogP contribution in [0.2, 0.25) is 0 Å². The molecule has 0 fully saturated rings. The van der Waals surface area contributed by atoms with Gasteiger partial charge in [0.25, 0.3) is 6.47 Å². The lowest BCUT2D eigenvalue weighted by atomic mass is 10.1. The third kappa shape index (κ3) is 3.86. The van der Waals surface area contributed by atoms with Crippen LogP contribution in [-0.2, 0) is 16.0 Å². The minimum atomic E-state index is -0.182. The molecule has 0 amide bonds. The highest BCUT2D eigenvalue weighted by Crippen LogP contribution is 2.25. The van der Waals surface area contributed by atoms with Gasteiger partial charge in [0.15, 0.2) is 0 Å². The van der Waals surface area contributed by atoms with Crippen LogP contribution >= 0.6 is 0 Å². The number of para-hydroxylation sites is 1. The number of carbonyl (C=O) groups excluding carboxylic acids is 1. The monoisotopic (exact) mass is 307 g/mol. The van der Waals surface area contributed by atoms with E-state index < -0.39 is 0 Å². The van der Waals surface area contributed by atoms with Crippen LogP contribution in [0.5, 0.6) is 11.5 Å². The molecule has 0 aliphatic heterocycles. The average molecular weight is 307 g/mol. The van der Waals surface area contributed by atoms with Gasteiger partial charge >= 0.3 is 0 Å². The van der Waals surface area contributed by atoms with Crippen molar-refractivity contribution in [1.29, 1.82) is 0 Å². The van der Waals surface area contributed by atoms with Gasteiger partial charge in [-0.15, -0.1) is 0 Å². The highest BCUT2D eigenvalue weighted by atomic mass is 16.5. The van der Waals surface area contributed by atoms with E-state index in [0.717, 1.165) is 28.0 Å². The molecule has 0 spiro atoms. The first-order valence-electron chi connectivity index (χ1n) is 7.45. The van der Waals surface area contributed by atoms with Crippen LogP contribution in [0.3, 0.4) is 0 Å². The maximum Gasteiger partial charge on any atom is 0.293 e. The van der Waals surface area contributed by atoms with E-state index in [1.165, 1.54) is 0 Å². The van der Waals surface area contributed by atoms with Crippen LogP contribution in [0.1, 0.15) is 12.6 Å². The topological polar surface area (TPSA) is 48.4 Å². The number of carbonyl (C=O) groups is 1. The molecular weight excluding hydrogens is 290 g/mol. The highest BCUT2D eigenvalue weighted by molar-refractivity contribution is 5.83. The Bertz CT molecular complexity index is 802. The summed E-state index contributed by atoms with van der Waals surface area (Å²) < 4.78 is 10.7. The number of ether oxygens (including phenoxy) is 2. The maximum atomic E-state index is 10.3. The zero-order valence-electron chi connectivity index (χ0n) is 12.8. The number of hydrogen-bond donors (Lipinski definition) is 0. The van der Waals surface area contributed by atoms with E-state index in [9.17, 15) is 4.79 Å². The van der Waals surface area contributed by atoms with Gasteiger partial charge in [0.05, 0.1) is 0 Å². The smallest absolute Gasteiger partial charge is 0.293 e. The van der Waals surface area contributed by atoms with Crippen molar-refractivity contribution >= 4 is 17.2 Å². The van der Waals surface area contributed by atoms with Gasteiger partial charge in [-0.1, -0.05) is 24.3 Å². The van der Waals surface area contributed by atoms with Crippen molar-refractivity contribution in [2.45, 2.75) is 19.4 Å². The van der Waals surface area contributed by atoms with Crippen LogP contribution in [0.4, 0.5) is 0 Å². The molecule has 0 aliphatic rings. The summed E-state index contributed by atoms with van der Waals surface area (Å²) in [5.74, 6) is 1.58. The number of nitrogens with zero attached hydrogens (tertiary/aromatic N) is 1. The molecule has 1 aromatic heterocycles. The Labute approximate surface area is 134 Å². The van der Waals surface area contributed by atoms with Gasteiger partial charge in [-0.3, -0.25) is 9.78 Å². The quantitative estimate of drug-likeness (QED) is 0.642. The average Bonchev–Trinajstić information content (AvgIpc) is 2.56. The van der Waals surface area contributed by atoms with E-state index >= 15 is 0 Å². The Morgan fingerprint density at radius 1 is 1.04 bits per heavy atom. The summed E-state index contributed by atoms with van der Waals surface area (Å²) >= 11 is 0. The second kappa shape index (κ2) is 6.92. The molecule has 4 nitrogen and oxygen atoms in total. The molecule has 0 saturated carbocycles. The van der Waals surface area contributed by atoms with Crippen molar-refractivity contribution in [2.24, 2.45) is 0 Å².